The normalized spacial score (nSPS) is 19.2. The van der Waals surface area contributed by atoms with Crippen molar-refractivity contribution in [2.75, 3.05) is 13.1 Å². The zero-order valence-electron chi connectivity index (χ0n) is 12.4. The van der Waals surface area contributed by atoms with E-state index in [1.165, 1.54) is 5.57 Å². The quantitative estimate of drug-likeness (QED) is 0.779. The summed E-state index contributed by atoms with van der Waals surface area (Å²) in [5.74, 6) is 0.124. The second kappa shape index (κ2) is 10.6. The molecule has 1 aliphatic rings. The third kappa shape index (κ3) is 10.3. The Labute approximate surface area is 117 Å². The Morgan fingerprint density at radius 1 is 1.21 bits per heavy atom. The number of aliphatic hydroxyl groups is 1. The van der Waals surface area contributed by atoms with E-state index in [0.29, 0.717) is 0 Å². The molecule has 0 saturated carbocycles. The third-order valence-corrected chi connectivity index (χ3v) is 2.82. The van der Waals surface area contributed by atoms with Gasteiger partial charge >= 0.3 is 0 Å². The van der Waals surface area contributed by atoms with Gasteiger partial charge in [-0.2, -0.15) is 0 Å². The van der Waals surface area contributed by atoms with Gasteiger partial charge in [0.25, 0.3) is 0 Å². The monoisotopic (exact) mass is 265 g/mol. The first-order chi connectivity index (χ1) is 8.97. The molecule has 0 aliphatic carbocycles. The van der Waals surface area contributed by atoms with E-state index in [0.717, 1.165) is 32.4 Å². The molecule has 0 bridgehead atoms. The number of hydrogen-bond acceptors (Lipinski definition) is 2. The van der Waals surface area contributed by atoms with Gasteiger partial charge in [0.2, 0.25) is 5.91 Å². The molecule has 3 heteroatoms. The molecule has 1 aliphatic heterocycles. The number of aliphatic hydroxyl groups excluding tert-OH is 1. The van der Waals surface area contributed by atoms with Crippen molar-refractivity contribution in [3.8, 4) is 0 Å². The van der Waals surface area contributed by atoms with Gasteiger partial charge in [0.1, 0.15) is 0 Å². The molecule has 19 heavy (non-hydrogen) atoms. The Bertz CT molecular complexity index is 328. The minimum absolute atomic E-state index is 0.124. The highest BCUT2D eigenvalue weighted by Crippen LogP contribution is 2.10. The number of allylic oxidation sites excluding steroid dienone is 5. The van der Waals surface area contributed by atoms with Crippen molar-refractivity contribution < 1.29 is 9.90 Å². The summed E-state index contributed by atoms with van der Waals surface area (Å²) in [5.41, 5.74) is 1.31. The molecule has 1 saturated heterocycles. The van der Waals surface area contributed by atoms with E-state index in [-0.39, 0.29) is 12.0 Å². The Balaban J connectivity index is 0.000000362. The van der Waals surface area contributed by atoms with Crippen LogP contribution >= 0.6 is 0 Å². The number of nitrogens with zero attached hydrogens (tertiary/aromatic N) is 1. The van der Waals surface area contributed by atoms with Gasteiger partial charge in [0, 0.05) is 20.0 Å². The van der Waals surface area contributed by atoms with E-state index in [2.05, 4.69) is 20.4 Å². The van der Waals surface area contributed by atoms with Gasteiger partial charge in [-0.25, -0.2) is 0 Å². The van der Waals surface area contributed by atoms with E-state index < -0.39 is 0 Å². The number of carbonyl (C=O) groups is 1. The fraction of sp³-hybridized carbons (Fsp3) is 0.562. The molecule has 1 unspecified atom stereocenters. The maximum absolute atomic E-state index is 10.9. The molecule has 1 fully saturated rings. The molecule has 0 aromatic carbocycles. The molecule has 1 amide bonds. The molecule has 0 radical (unpaired) electrons. The topological polar surface area (TPSA) is 40.5 Å². The van der Waals surface area contributed by atoms with Gasteiger partial charge in [-0.3, -0.25) is 4.79 Å². The van der Waals surface area contributed by atoms with Crippen LogP contribution < -0.4 is 0 Å². The number of rotatable bonds is 2. The second-order valence-electron chi connectivity index (χ2n) is 4.96. The molecule has 0 aromatic heterocycles. The first kappa shape index (κ1) is 17.6. The van der Waals surface area contributed by atoms with E-state index in [9.17, 15) is 9.90 Å². The zero-order chi connectivity index (χ0) is 14.7. The van der Waals surface area contributed by atoms with E-state index >= 15 is 0 Å². The molecule has 1 rings (SSSR count). The highest BCUT2D eigenvalue weighted by molar-refractivity contribution is 5.73. The Hall–Kier alpha value is -1.35. The van der Waals surface area contributed by atoms with Crippen molar-refractivity contribution in [3.63, 3.8) is 0 Å². The van der Waals surface area contributed by atoms with Crippen LogP contribution in [0.5, 0.6) is 0 Å². The molecular formula is C16H27NO2. The number of likely N-dealkylation sites (tertiary alicyclic amines) is 1. The Kier molecular flexibility index (Phi) is 9.81. The minimum Gasteiger partial charge on any atom is -0.393 e. The standard InChI is InChI=1S/C8H15NO2.C8H12/c1-7(10)9-5-2-3-8(11)4-6-9;1-4-5-6-7-8(2)3/h8,11H,2-6H2,1H3;4-7H,1H2,2-3H3/b;6-5-. The lowest BCUT2D eigenvalue weighted by atomic mass is 10.2. The maximum Gasteiger partial charge on any atom is 0.219 e. The van der Waals surface area contributed by atoms with E-state index in [1.54, 1.807) is 17.9 Å². The summed E-state index contributed by atoms with van der Waals surface area (Å²) in [6.45, 7) is 10.8. The fourth-order valence-electron chi connectivity index (χ4n) is 1.72. The van der Waals surface area contributed by atoms with Crippen molar-refractivity contribution in [1.29, 1.82) is 0 Å². The summed E-state index contributed by atoms with van der Waals surface area (Å²) in [5, 5.41) is 9.25. The molecule has 0 spiro atoms. The van der Waals surface area contributed by atoms with Crippen molar-refractivity contribution >= 4 is 5.91 Å². The Morgan fingerprint density at radius 3 is 2.42 bits per heavy atom. The molecule has 1 N–H and O–H groups in total. The molecule has 3 nitrogen and oxygen atoms in total. The van der Waals surface area contributed by atoms with Crippen LogP contribution in [0.4, 0.5) is 0 Å². The van der Waals surface area contributed by atoms with Crippen LogP contribution in [0.3, 0.4) is 0 Å². The molecule has 1 heterocycles. The lowest BCUT2D eigenvalue weighted by molar-refractivity contribution is -0.128. The highest BCUT2D eigenvalue weighted by Gasteiger charge is 2.15. The lowest BCUT2D eigenvalue weighted by Crippen LogP contribution is -2.29. The predicted octanol–water partition coefficient (Wildman–Crippen LogP) is 3.07. The number of amides is 1. The van der Waals surface area contributed by atoms with Crippen molar-refractivity contribution in [3.05, 3.63) is 36.5 Å². The van der Waals surface area contributed by atoms with E-state index in [1.807, 2.05) is 18.2 Å². The summed E-state index contributed by atoms with van der Waals surface area (Å²) in [4.78, 5) is 12.7. The van der Waals surface area contributed by atoms with Crippen LogP contribution in [-0.2, 0) is 4.79 Å². The fourth-order valence-corrected chi connectivity index (χ4v) is 1.72. The SMILES string of the molecule is C=C/C=C\C=C(C)C.CC(=O)N1CCCC(O)CC1. The van der Waals surface area contributed by atoms with Crippen LogP contribution in [0.2, 0.25) is 0 Å². The Morgan fingerprint density at radius 2 is 1.89 bits per heavy atom. The average molecular weight is 265 g/mol. The van der Waals surface area contributed by atoms with Gasteiger partial charge in [-0.1, -0.05) is 36.5 Å². The second-order valence-corrected chi connectivity index (χ2v) is 4.96. The summed E-state index contributed by atoms with van der Waals surface area (Å²) in [6.07, 6.45) is 10.00. The summed E-state index contributed by atoms with van der Waals surface area (Å²) in [7, 11) is 0. The predicted molar refractivity (Wildman–Crippen MR) is 80.9 cm³/mol. The van der Waals surface area contributed by atoms with Crippen molar-refractivity contribution in [2.24, 2.45) is 0 Å². The number of hydrogen-bond donors (Lipinski definition) is 1. The van der Waals surface area contributed by atoms with Crippen molar-refractivity contribution in [1.82, 2.24) is 4.90 Å². The first-order valence-corrected chi connectivity index (χ1v) is 6.83. The average Bonchev–Trinajstić information content (AvgIpc) is 2.55. The van der Waals surface area contributed by atoms with Crippen LogP contribution in [0.1, 0.15) is 40.0 Å². The van der Waals surface area contributed by atoms with Gasteiger partial charge in [-0.05, 0) is 33.1 Å². The van der Waals surface area contributed by atoms with Gasteiger partial charge < -0.3 is 10.0 Å². The zero-order valence-corrected chi connectivity index (χ0v) is 12.4. The summed E-state index contributed by atoms with van der Waals surface area (Å²) >= 11 is 0. The molecule has 0 aromatic rings. The van der Waals surface area contributed by atoms with Crippen LogP contribution in [0.15, 0.2) is 36.5 Å². The van der Waals surface area contributed by atoms with Crippen LogP contribution in [0.25, 0.3) is 0 Å². The highest BCUT2D eigenvalue weighted by atomic mass is 16.3. The minimum atomic E-state index is -0.195. The molecule has 108 valence electrons. The van der Waals surface area contributed by atoms with Crippen molar-refractivity contribution in [2.45, 2.75) is 46.1 Å². The molecular weight excluding hydrogens is 238 g/mol. The third-order valence-electron chi connectivity index (χ3n) is 2.82. The maximum atomic E-state index is 10.9. The van der Waals surface area contributed by atoms with Gasteiger partial charge in [0.15, 0.2) is 0 Å². The van der Waals surface area contributed by atoms with Crippen LogP contribution in [0, 0.1) is 0 Å². The summed E-state index contributed by atoms with van der Waals surface area (Å²) in [6, 6.07) is 0. The first-order valence-electron chi connectivity index (χ1n) is 6.83. The van der Waals surface area contributed by atoms with E-state index in [4.69, 9.17) is 0 Å². The van der Waals surface area contributed by atoms with Gasteiger partial charge in [0.05, 0.1) is 6.10 Å². The van der Waals surface area contributed by atoms with Crippen LogP contribution in [-0.4, -0.2) is 35.1 Å². The lowest BCUT2D eigenvalue weighted by Gasteiger charge is -2.17. The number of carbonyl (C=O) groups excluding carboxylic acids is 1. The smallest absolute Gasteiger partial charge is 0.219 e. The largest absolute Gasteiger partial charge is 0.393 e. The van der Waals surface area contributed by atoms with Gasteiger partial charge in [-0.15, -0.1) is 0 Å². The molecule has 1 atom stereocenters. The summed E-state index contributed by atoms with van der Waals surface area (Å²) < 4.78 is 0.